The van der Waals surface area contributed by atoms with Crippen molar-refractivity contribution in [3.63, 3.8) is 0 Å². The van der Waals surface area contributed by atoms with Crippen molar-refractivity contribution in [2.75, 3.05) is 0 Å². The molecule has 0 fully saturated rings. The number of aryl methyl sites for hydroxylation is 2. The Kier molecular flexibility index (Phi) is 3.25. The Balaban J connectivity index is 1.94. The molecule has 0 aliphatic heterocycles. The summed E-state index contributed by atoms with van der Waals surface area (Å²) in [5.41, 5.74) is 4.11. The van der Waals surface area contributed by atoms with E-state index < -0.39 is 0 Å². The molecule has 4 rings (SSSR count). The molecule has 108 valence electrons. The van der Waals surface area contributed by atoms with Crippen LogP contribution in [0.3, 0.4) is 0 Å². The first-order valence-corrected chi connectivity index (χ1v) is 8.36. The van der Waals surface area contributed by atoms with E-state index in [1.807, 2.05) is 24.3 Å². The Morgan fingerprint density at radius 2 is 1.95 bits per heavy atom. The van der Waals surface area contributed by atoms with Crippen molar-refractivity contribution in [3.8, 4) is 11.3 Å². The van der Waals surface area contributed by atoms with Crippen molar-refractivity contribution >= 4 is 27.9 Å². The number of nitrogens with zero attached hydrogens (tertiary/aromatic N) is 2. The molecule has 1 aliphatic rings. The predicted octanol–water partition coefficient (Wildman–Crippen LogP) is 4.09. The molecule has 1 aliphatic carbocycles. The van der Waals surface area contributed by atoms with E-state index in [1.165, 1.54) is 23.4 Å². The second-order valence-electron chi connectivity index (χ2n) is 5.37. The monoisotopic (exact) mass is 318 g/mol. The third-order valence-electron chi connectivity index (χ3n) is 4.08. The third kappa shape index (κ3) is 2.09. The fourth-order valence-electron chi connectivity index (χ4n) is 3.08. The summed E-state index contributed by atoms with van der Waals surface area (Å²) in [6.45, 7) is 0.00228. The fraction of sp³-hybridized carbons (Fsp3) is 0.312. The summed E-state index contributed by atoms with van der Waals surface area (Å²) in [5.74, 6) is 0. The molecule has 5 heteroatoms. The Bertz CT molecular complexity index is 804. The zero-order valence-corrected chi connectivity index (χ0v) is 13.0. The molecule has 3 aromatic rings. The summed E-state index contributed by atoms with van der Waals surface area (Å²) in [7, 11) is 0. The van der Waals surface area contributed by atoms with Gasteiger partial charge in [-0.1, -0.05) is 23.7 Å². The molecule has 21 heavy (non-hydrogen) atoms. The van der Waals surface area contributed by atoms with E-state index in [9.17, 15) is 5.11 Å². The topological polar surface area (TPSA) is 37.5 Å². The van der Waals surface area contributed by atoms with Gasteiger partial charge in [-0.15, -0.1) is 11.3 Å². The molecular weight excluding hydrogens is 304 g/mol. The van der Waals surface area contributed by atoms with Gasteiger partial charge in [0.05, 0.1) is 18.0 Å². The molecule has 2 heterocycles. The summed E-state index contributed by atoms with van der Waals surface area (Å²) in [5, 5.41) is 10.6. The highest BCUT2D eigenvalue weighted by atomic mass is 35.5. The van der Waals surface area contributed by atoms with Crippen LogP contribution >= 0.6 is 22.9 Å². The fourth-order valence-corrected chi connectivity index (χ4v) is 4.43. The Hall–Kier alpha value is -1.36. The number of rotatable bonds is 2. The van der Waals surface area contributed by atoms with Gasteiger partial charge >= 0.3 is 0 Å². The molecule has 0 atom stereocenters. The van der Waals surface area contributed by atoms with Gasteiger partial charge in [-0.2, -0.15) is 0 Å². The number of imidazole rings is 1. The van der Waals surface area contributed by atoms with Crippen LogP contribution in [0.5, 0.6) is 0 Å². The highest BCUT2D eigenvalue weighted by Crippen LogP contribution is 2.35. The molecule has 0 unspecified atom stereocenters. The van der Waals surface area contributed by atoms with E-state index in [0.29, 0.717) is 5.02 Å². The van der Waals surface area contributed by atoms with Crippen molar-refractivity contribution in [2.24, 2.45) is 0 Å². The summed E-state index contributed by atoms with van der Waals surface area (Å²) in [6, 6.07) is 7.64. The molecule has 3 nitrogen and oxygen atoms in total. The zero-order chi connectivity index (χ0) is 14.4. The van der Waals surface area contributed by atoms with E-state index in [4.69, 9.17) is 16.6 Å². The van der Waals surface area contributed by atoms with Crippen molar-refractivity contribution < 1.29 is 5.11 Å². The number of hydrogen-bond acceptors (Lipinski definition) is 3. The average molecular weight is 319 g/mol. The van der Waals surface area contributed by atoms with Crippen LogP contribution in [0.25, 0.3) is 16.2 Å². The van der Waals surface area contributed by atoms with Crippen molar-refractivity contribution in [1.29, 1.82) is 0 Å². The lowest BCUT2D eigenvalue weighted by Crippen LogP contribution is -2.05. The van der Waals surface area contributed by atoms with Crippen LogP contribution in [-0.4, -0.2) is 14.5 Å². The summed E-state index contributed by atoms with van der Waals surface area (Å²) in [4.78, 5) is 7.19. The van der Waals surface area contributed by atoms with Crippen LogP contribution in [-0.2, 0) is 19.4 Å². The van der Waals surface area contributed by atoms with Gasteiger partial charge in [0.15, 0.2) is 4.96 Å². The number of hydrogen-bond donors (Lipinski definition) is 1. The molecule has 0 bridgehead atoms. The first-order valence-electron chi connectivity index (χ1n) is 7.16. The highest BCUT2D eigenvalue weighted by molar-refractivity contribution is 7.17. The van der Waals surface area contributed by atoms with Gasteiger partial charge < -0.3 is 5.11 Å². The SMILES string of the molecule is OCc1c(-c2ccc(Cl)cc2)nc2sc3c(n12)CCCC3. The van der Waals surface area contributed by atoms with Crippen LogP contribution in [0.15, 0.2) is 24.3 Å². The van der Waals surface area contributed by atoms with Crippen LogP contribution < -0.4 is 0 Å². The van der Waals surface area contributed by atoms with Gasteiger partial charge in [0.25, 0.3) is 0 Å². The number of halogens is 1. The number of thiazole rings is 1. The Morgan fingerprint density at radius 3 is 2.71 bits per heavy atom. The second kappa shape index (κ2) is 5.13. The standard InChI is InChI=1S/C16H15ClN2OS/c17-11-7-5-10(6-8-11)15-13(9-20)19-12-3-1-2-4-14(12)21-16(19)18-15/h5-8,20H,1-4,9H2. The predicted molar refractivity (Wildman–Crippen MR) is 86.1 cm³/mol. The smallest absolute Gasteiger partial charge is 0.195 e. The van der Waals surface area contributed by atoms with Gasteiger partial charge in [-0.3, -0.25) is 4.40 Å². The van der Waals surface area contributed by atoms with Crippen LogP contribution in [0.2, 0.25) is 5.02 Å². The summed E-state index contributed by atoms with van der Waals surface area (Å²) >= 11 is 7.71. The first kappa shape index (κ1) is 13.3. The maximum absolute atomic E-state index is 9.86. The van der Waals surface area contributed by atoms with E-state index in [1.54, 1.807) is 11.3 Å². The Labute approximate surface area is 131 Å². The van der Waals surface area contributed by atoms with Crippen molar-refractivity contribution in [2.45, 2.75) is 32.3 Å². The van der Waals surface area contributed by atoms with Crippen LogP contribution in [0, 0.1) is 0 Å². The lowest BCUT2D eigenvalue weighted by molar-refractivity contribution is 0.276. The van der Waals surface area contributed by atoms with Crippen LogP contribution in [0.1, 0.15) is 29.1 Å². The minimum absolute atomic E-state index is 0.00228. The van der Waals surface area contributed by atoms with E-state index in [2.05, 4.69) is 4.40 Å². The second-order valence-corrected chi connectivity index (χ2v) is 6.87. The maximum atomic E-state index is 9.86. The molecule has 0 saturated carbocycles. The number of aromatic nitrogens is 2. The molecule has 1 aromatic carbocycles. The molecule has 0 radical (unpaired) electrons. The minimum atomic E-state index is 0.00228. The molecule has 2 aromatic heterocycles. The minimum Gasteiger partial charge on any atom is -0.390 e. The highest BCUT2D eigenvalue weighted by Gasteiger charge is 2.22. The quantitative estimate of drug-likeness (QED) is 0.773. The van der Waals surface area contributed by atoms with Crippen molar-refractivity contribution in [3.05, 3.63) is 45.6 Å². The molecule has 0 saturated heterocycles. The summed E-state index contributed by atoms with van der Waals surface area (Å²) in [6.07, 6.45) is 4.70. The van der Waals surface area contributed by atoms with Gasteiger partial charge in [0.1, 0.15) is 0 Å². The maximum Gasteiger partial charge on any atom is 0.195 e. The van der Waals surface area contributed by atoms with E-state index in [-0.39, 0.29) is 6.61 Å². The molecule has 0 spiro atoms. The zero-order valence-electron chi connectivity index (χ0n) is 11.5. The van der Waals surface area contributed by atoms with Gasteiger partial charge in [0.2, 0.25) is 0 Å². The summed E-state index contributed by atoms with van der Waals surface area (Å²) < 4.78 is 2.17. The van der Waals surface area contributed by atoms with E-state index in [0.717, 1.165) is 34.8 Å². The van der Waals surface area contributed by atoms with E-state index >= 15 is 0 Å². The first-order chi connectivity index (χ1) is 10.3. The number of fused-ring (bicyclic) bond motifs is 3. The van der Waals surface area contributed by atoms with Gasteiger partial charge in [0, 0.05) is 21.2 Å². The lowest BCUT2D eigenvalue weighted by atomic mass is 10.0. The molecular formula is C16H15ClN2OS. The van der Waals surface area contributed by atoms with Crippen molar-refractivity contribution in [1.82, 2.24) is 9.38 Å². The Morgan fingerprint density at radius 1 is 1.19 bits per heavy atom. The average Bonchev–Trinajstić information content (AvgIpc) is 3.03. The molecule has 0 amide bonds. The number of aliphatic hydroxyl groups excluding tert-OH is 1. The van der Waals surface area contributed by atoms with Gasteiger partial charge in [-0.05, 0) is 37.8 Å². The largest absolute Gasteiger partial charge is 0.390 e. The lowest BCUT2D eigenvalue weighted by Gasteiger charge is -2.12. The third-order valence-corrected chi connectivity index (χ3v) is 5.48. The molecule has 1 N–H and O–H groups in total. The van der Waals surface area contributed by atoms with Crippen LogP contribution in [0.4, 0.5) is 0 Å². The normalized spacial score (nSPS) is 14.6. The van der Waals surface area contributed by atoms with Gasteiger partial charge in [-0.25, -0.2) is 4.98 Å². The number of benzene rings is 1. The number of aliphatic hydroxyl groups is 1.